The topological polar surface area (TPSA) is 85.9 Å². The fraction of sp³-hybridized carbons (Fsp3) is 0.833. The van der Waals surface area contributed by atoms with Gasteiger partial charge in [-0.25, -0.2) is 4.79 Å². The molecule has 1 rings (SSSR count). The van der Waals surface area contributed by atoms with Gasteiger partial charge in [0.05, 0.1) is 26.9 Å². The lowest BCUT2D eigenvalue weighted by Gasteiger charge is -2.29. The van der Waals surface area contributed by atoms with Crippen molar-refractivity contribution in [1.29, 1.82) is 0 Å². The smallest absolute Gasteiger partial charge is 0.333 e. The molecule has 0 aromatic heterocycles. The van der Waals surface area contributed by atoms with Gasteiger partial charge in [-0.3, -0.25) is 4.79 Å². The van der Waals surface area contributed by atoms with E-state index in [1.807, 2.05) is 0 Å². The number of amides is 1. The number of methoxy groups -OCH3 is 2. The molecule has 0 radical (unpaired) electrons. The van der Waals surface area contributed by atoms with Crippen LogP contribution in [0, 0.1) is 0 Å². The Labute approximate surface area is 125 Å². The molecule has 1 amide bonds. The van der Waals surface area contributed by atoms with Crippen LogP contribution < -0.4 is 10.6 Å². The predicted molar refractivity (Wildman–Crippen MR) is 74.9 cm³/mol. The highest BCUT2D eigenvalue weighted by molar-refractivity contribution is 5.88. The summed E-state index contributed by atoms with van der Waals surface area (Å²) < 4.78 is 14.9. The Morgan fingerprint density at radius 2 is 2.15 bits per heavy atom. The van der Waals surface area contributed by atoms with Gasteiger partial charge in [-0.1, -0.05) is 0 Å². The average molecular weight is 311 g/mol. The molecule has 0 spiro atoms. The second-order valence-corrected chi connectivity index (χ2v) is 4.73. The van der Waals surface area contributed by atoms with E-state index in [1.165, 1.54) is 14.2 Å². The number of nitrogens with one attached hydrogen (secondary N) is 2. The second kappa shape index (κ2) is 9.12. The molecule has 7 nitrogen and oxygen atoms in total. The molecule has 1 fully saturated rings. The molecule has 1 heterocycles. The van der Waals surface area contributed by atoms with Crippen molar-refractivity contribution in [2.75, 3.05) is 40.6 Å². The van der Waals surface area contributed by atoms with Crippen molar-refractivity contribution in [1.82, 2.24) is 10.6 Å². The van der Waals surface area contributed by atoms with Crippen LogP contribution in [0.1, 0.15) is 13.3 Å². The van der Waals surface area contributed by atoms with E-state index >= 15 is 0 Å². The molecule has 20 heavy (non-hydrogen) atoms. The number of carbonyl (C=O) groups excluding carboxylic acids is 2. The van der Waals surface area contributed by atoms with Crippen molar-refractivity contribution in [2.45, 2.75) is 24.9 Å². The zero-order valence-corrected chi connectivity index (χ0v) is 12.9. The molecule has 2 N–H and O–H groups in total. The lowest BCUT2D eigenvalue weighted by molar-refractivity contribution is -0.152. The zero-order chi connectivity index (χ0) is 14.3. The number of hydrogen-bond acceptors (Lipinski definition) is 6. The highest BCUT2D eigenvalue weighted by Gasteiger charge is 2.36. The summed E-state index contributed by atoms with van der Waals surface area (Å²) in [7, 11) is 2.74. The highest BCUT2D eigenvalue weighted by atomic mass is 35.5. The minimum atomic E-state index is -1.17. The lowest BCUT2D eigenvalue weighted by atomic mass is 10.0. The Bertz CT molecular complexity index is 323. The number of halogens is 1. The van der Waals surface area contributed by atoms with Crippen molar-refractivity contribution < 1.29 is 23.8 Å². The normalized spacial score (nSPS) is 21.2. The Kier molecular flexibility index (Phi) is 8.71. The molecule has 118 valence electrons. The minimum absolute atomic E-state index is 0. The summed E-state index contributed by atoms with van der Waals surface area (Å²) in [6.45, 7) is 3.50. The third-order valence-electron chi connectivity index (χ3n) is 2.91. The fourth-order valence-electron chi connectivity index (χ4n) is 1.99. The van der Waals surface area contributed by atoms with Crippen LogP contribution in [0.2, 0.25) is 0 Å². The van der Waals surface area contributed by atoms with Gasteiger partial charge in [0.2, 0.25) is 5.91 Å². The van der Waals surface area contributed by atoms with Crippen LogP contribution in [0.3, 0.4) is 0 Å². The molecule has 0 bridgehead atoms. The number of morpholine rings is 1. The molecule has 0 aliphatic carbocycles. The van der Waals surface area contributed by atoms with E-state index in [4.69, 9.17) is 9.47 Å². The third kappa shape index (κ3) is 5.62. The third-order valence-corrected chi connectivity index (χ3v) is 2.91. The Hall–Kier alpha value is -0.890. The molecule has 0 aromatic carbocycles. The maximum Gasteiger partial charge on any atom is 0.333 e. The Balaban J connectivity index is 0.00000361. The monoisotopic (exact) mass is 310 g/mol. The standard InChI is InChI=1S/C12H22N2O5.ClH/c1-12(8-17-2,11(16)18-3)14-10(15)6-9-7-19-5-4-13-9;/h9,13H,4-8H2,1-3H3,(H,14,15);1H. The Morgan fingerprint density at radius 1 is 1.45 bits per heavy atom. The van der Waals surface area contributed by atoms with Gasteiger partial charge in [0.25, 0.3) is 0 Å². The molecule has 1 saturated heterocycles. The lowest BCUT2D eigenvalue weighted by Crippen LogP contribution is -2.57. The summed E-state index contributed by atoms with van der Waals surface area (Å²) in [5.41, 5.74) is -1.17. The summed E-state index contributed by atoms with van der Waals surface area (Å²) >= 11 is 0. The first-order valence-corrected chi connectivity index (χ1v) is 6.21. The van der Waals surface area contributed by atoms with Gasteiger partial charge < -0.3 is 24.8 Å². The van der Waals surface area contributed by atoms with Gasteiger partial charge in [-0.15, -0.1) is 12.4 Å². The molecular formula is C12H23ClN2O5. The quantitative estimate of drug-likeness (QED) is 0.642. The molecule has 0 saturated carbocycles. The first-order valence-electron chi connectivity index (χ1n) is 6.21. The van der Waals surface area contributed by atoms with Crippen molar-refractivity contribution in [3.8, 4) is 0 Å². The van der Waals surface area contributed by atoms with Crippen LogP contribution in [0.15, 0.2) is 0 Å². The molecular weight excluding hydrogens is 288 g/mol. The van der Waals surface area contributed by atoms with Crippen molar-refractivity contribution >= 4 is 24.3 Å². The molecule has 2 atom stereocenters. The van der Waals surface area contributed by atoms with E-state index in [2.05, 4.69) is 15.4 Å². The van der Waals surface area contributed by atoms with Crippen molar-refractivity contribution in [3.05, 3.63) is 0 Å². The number of carbonyl (C=O) groups is 2. The second-order valence-electron chi connectivity index (χ2n) is 4.73. The van der Waals surface area contributed by atoms with E-state index in [-0.39, 0.29) is 37.4 Å². The number of rotatable bonds is 6. The molecule has 8 heteroatoms. The van der Waals surface area contributed by atoms with Gasteiger partial charge in [0.1, 0.15) is 0 Å². The van der Waals surface area contributed by atoms with Crippen molar-refractivity contribution in [3.63, 3.8) is 0 Å². The minimum Gasteiger partial charge on any atom is -0.467 e. The summed E-state index contributed by atoms with van der Waals surface area (Å²) in [6, 6.07) is -0.0295. The van der Waals surface area contributed by atoms with Crippen molar-refractivity contribution in [2.24, 2.45) is 0 Å². The van der Waals surface area contributed by atoms with E-state index < -0.39 is 11.5 Å². The van der Waals surface area contributed by atoms with Crippen LogP contribution in [-0.4, -0.2) is 64.0 Å². The van der Waals surface area contributed by atoms with Crippen LogP contribution in [0.4, 0.5) is 0 Å². The van der Waals surface area contributed by atoms with Crippen LogP contribution in [0.5, 0.6) is 0 Å². The number of hydrogen-bond donors (Lipinski definition) is 2. The Morgan fingerprint density at radius 3 is 2.65 bits per heavy atom. The van der Waals surface area contributed by atoms with Gasteiger partial charge in [-0.05, 0) is 6.92 Å². The molecule has 0 aromatic rings. The van der Waals surface area contributed by atoms with Crippen LogP contribution in [-0.2, 0) is 23.8 Å². The largest absolute Gasteiger partial charge is 0.467 e. The predicted octanol–water partition coefficient (Wildman–Crippen LogP) is -0.519. The maximum atomic E-state index is 12.0. The van der Waals surface area contributed by atoms with Crippen LogP contribution in [0.25, 0.3) is 0 Å². The summed E-state index contributed by atoms with van der Waals surface area (Å²) in [5, 5.41) is 5.84. The molecule has 1 aliphatic heterocycles. The van der Waals surface area contributed by atoms with Gasteiger partial charge in [0, 0.05) is 26.1 Å². The summed E-state index contributed by atoms with van der Waals surface area (Å²) in [4.78, 5) is 23.6. The van der Waals surface area contributed by atoms with E-state index in [0.717, 1.165) is 6.54 Å². The first-order chi connectivity index (χ1) is 9.01. The maximum absolute atomic E-state index is 12.0. The van der Waals surface area contributed by atoms with Crippen LogP contribution >= 0.6 is 12.4 Å². The SMILES string of the molecule is COCC(C)(NC(=O)CC1COCCN1)C(=O)OC.Cl. The van der Waals surface area contributed by atoms with Gasteiger partial charge in [-0.2, -0.15) is 0 Å². The average Bonchev–Trinajstić information content (AvgIpc) is 2.38. The van der Waals surface area contributed by atoms with E-state index in [9.17, 15) is 9.59 Å². The van der Waals surface area contributed by atoms with Gasteiger partial charge in [0.15, 0.2) is 5.54 Å². The fourth-order valence-corrected chi connectivity index (χ4v) is 1.99. The molecule has 1 aliphatic rings. The van der Waals surface area contributed by atoms with E-state index in [0.29, 0.717) is 13.2 Å². The molecule has 2 unspecified atom stereocenters. The number of esters is 1. The summed E-state index contributed by atoms with van der Waals surface area (Å²) in [5.74, 6) is -0.775. The number of ether oxygens (including phenoxy) is 3. The highest BCUT2D eigenvalue weighted by Crippen LogP contribution is 2.08. The first kappa shape index (κ1) is 19.1. The van der Waals surface area contributed by atoms with Gasteiger partial charge >= 0.3 is 5.97 Å². The van der Waals surface area contributed by atoms with E-state index in [1.54, 1.807) is 6.92 Å². The summed E-state index contributed by atoms with van der Waals surface area (Å²) in [6.07, 6.45) is 0.246. The zero-order valence-electron chi connectivity index (χ0n) is 12.1.